The molecule has 1 aromatic rings. The van der Waals surface area contributed by atoms with Crippen LogP contribution in [0.3, 0.4) is 0 Å². The molecule has 0 aromatic heterocycles. The standard InChI is InChI=1S/C14H18N2O5/c1-14(4-6-21-7-5-14)16-13(20)15-10-3-2-9(12(18)19)8-11(10)17/h2-3,8,17H,4-7H2,1H3,(H,18,19)(H2,15,16,20). The van der Waals surface area contributed by atoms with Crippen LogP contribution in [0, 0.1) is 0 Å². The summed E-state index contributed by atoms with van der Waals surface area (Å²) < 4.78 is 5.25. The third-order valence-electron chi connectivity index (χ3n) is 3.50. The van der Waals surface area contributed by atoms with Gasteiger partial charge in [0, 0.05) is 18.8 Å². The van der Waals surface area contributed by atoms with E-state index in [1.54, 1.807) is 0 Å². The lowest BCUT2D eigenvalue weighted by molar-refractivity contribution is 0.0499. The fourth-order valence-electron chi connectivity index (χ4n) is 2.14. The van der Waals surface area contributed by atoms with Crippen molar-refractivity contribution >= 4 is 17.7 Å². The van der Waals surface area contributed by atoms with Gasteiger partial charge < -0.3 is 25.6 Å². The van der Waals surface area contributed by atoms with Crippen molar-refractivity contribution in [3.05, 3.63) is 23.8 Å². The van der Waals surface area contributed by atoms with Gasteiger partial charge in [-0.1, -0.05) is 0 Å². The van der Waals surface area contributed by atoms with Crippen LogP contribution in [-0.2, 0) is 4.74 Å². The predicted molar refractivity (Wildman–Crippen MR) is 75.7 cm³/mol. The normalized spacial score (nSPS) is 17.0. The second-order valence-electron chi connectivity index (χ2n) is 5.29. The number of hydrogen-bond donors (Lipinski definition) is 4. The molecule has 21 heavy (non-hydrogen) atoms. The number of carbonyl (C=O) groups excluding carboxylic acids is 1. The number of carboxylic acid groups (broad SMARTS) is 1. The van der Waals surface area contributed by atoms with E-state index >= 15 is 0 Å². The maximum atomic E-state index is 12.0. The second kappa shape index (κ2) is 6.01. The Labute approximate surface area is 121 Å². The first-order chi connectivity index (χ1) is 9.89. The Kier molecular flexibility index (Phi) is 4.32. The minimum atomic E-state index is -1.14. The number of carboxylic acids is 1. The molecule has 0 saturated carbocycles. The molecule has 1 aromatic carbocycles. The summed E-state index contributed by atoms with van der Waals surface area (Å²) in [6.07, 6.45) is 1.43. The quantitative estimate of drug-likeness (QED) is 0.636. The third kappa shape index (κ3) is 3.85. The maximum absolute atomic E-state index is 12.0. The number of phenolic OH excluding ortho intramolecular Hbond substituents is 1. The molecule has 1 saturated heterocycles. The zero-order valence-corrected chi connectivity index (χ0v) is 11.7. The van der Waals surface area contributed by atoms with Crippen LogP contribution >= 0.6 is 0 Å². The Morgan fingerprint density at radius 2 is 1.95 bits per heavy atom. The van der Waals surface area contributed by atoms with Crippen LogP contribution in [0.15, 0.2) is 18.2 Å². The number of anilines is 1. The first kappa shape index (κ1) is 15.1. The van der Waals surface area contributed by atoms with E-state index in [0.29, 0.717) is 26.1 Å². The van der Waals surface area contributed by atoms with Crippen molar-refractivity contribution in [1.82, 2.24) is 5.32 Å². The average molecular weight is 294 g/mol. The van der Waals surface area contributed by atoms with E-state index in [0.717, 1.165) is 6.07 Å². The minimum absolute atomic E-state index is 0.0464. The number of phenols is 1. The molecule has 1 aliphatic heterocycles. The Balaban J connectivity index is 2.01. The Morgan fingerprint density at radius 3 is 2.52 bits per heavy atom. The minimum Gasteiger partial charge on any atom is -0.506 e. The molecular weight excluding hydrogens is 276 g/mol. The average Bonchev–Trinajstić information content (AvgIpc) is 2.41. The van der Waals surface area contributed by atoms with E-state index in [1.807, 2.05) is 6.92 Å². The second-order valence-corrected chi connectivity index (χ2v) is 5.29. The van der Waals surface area contributed by atoms with Gasteiger partial charge >= 0.3 is 12.0 Å². The molecule has 0 bridgehead atoms. The highest BCUT2D eigenvalue weighted by Gasteiger charge is 2.29. The molecule has 1 fully saturated rings. The number of urea groups is 1. The van der Waals surface area contributed by atoms with E-state index in [-0.39, 0.29) is 22.5 Å². The van der Waals surface area contributed by atoms with E-state index in [9.17, 15) is 14.7 Å². The van der Waals surface area contributed by atoms with Gasteiger partial charge in [0.15, 0.2) is 0 Å². The SMILES string of the molecule is CC1(NC(=O)Nc2ccc(C(=O)O)cc2O)CCOCC1. The zero-order valence-electron chi connectivity index (χ0n) is 11.7. The summed E-state index contributed by atoms with van der Waals surface area (Å²) in [6.45, 7) is 3.12. The fourth-order valence-corrected chi connectivity index (χ4v) is 2.14. The summed E-state index contributed by atoms with van der Waals surface area (Å²) in [7, 11) is 0. The number of hydrogen-bond acceptors (Lipinski definition) is 4. The lowest BCUT2D eigenvalue weighted by Gasteiger charge is -2.34. The van der Waals surface area contributed by atoms with Crippen molar-refractivity contribution < 1.29 is 24.5 Å². The zero-order chi connectivity index (χ0) is 15.5. The van der Waals surface area contributed by atoms with Crippen LogP contribution in [-0.4, -0.2) is 41.0 Å². The van der Waals surface area contributed by atoms with E-state index in [1.165, 1.54) is 12.1 Å². The number of aromatic carboxylic acids is 1. The maximum Gasteiger partial charge on any atom is 0.335 e. The molecular formula is C14H18N2O5. The predicted octanol–water partition coefficient (Wildman–Crippen LogP) is 1.78. The molecule has 0 aliphatic carbocycles. The van der Waals surface area contributed by atoms with Crippen LogP contribution in [0.1, 0.15) is 30.1 Å². The Bertz CT molecular complexity index is 552. The van der Waals surface area contributed by atoms with Gasteiger partial charge in [0.2, 0.25) is 0 Å². The summed E-state index contributed by atoms with van der Waals surface area (Å²) in [5, 5.41) is 23.9. The van der Waals surface area contributed by atoms with Crippen molar-refractivity contribution in [1.29, 1.82) is 0 Å². The molecule has 2 rings (SSSR count). The third-order valence-corrected chi connectivity index (χ3v) is 3.50. The van der Waals surface area contributed by atoms with Crippen molar-refractivity contribution in [3.8, 4) is 5.75 Å². The summed E-state index contributed by atoms with van der Waals surface area (Å²) in [6, 6.07) is 3.31. The van der Waals surface area contributed by atoms with Crippen molar-refractivity contribution in [3.63, 3.8) is 0 Å². The van der Waals surface area contributed by atoms with Gasteiger partial charge in [0.1, 0.15) is 5.75 Å². The molecule has 114 valence electrons. The lowest BCUT2D eigenvalue weighted by Crippen LogP contribution is -2.51. The number of benzene rings is 1. The number of nitrogens with one attached hydrogen (secondary N) is 2. The molecule has 1 aliphatic rings. The highest BCUT2D eigenvalue weighted by molar-refractivity contribution is 5.93. The number of aromatic hydroxyl groups is 1. The van der Waals surface area contributed by atoms with Gasteiger partial charge in [-0.15, -0.1) is 0 Å². The molecule has 1 heterocycles. The van der Waals surface area contributed by atoms with Gasteiger partial charge in [-0.3, -0.25) is 0 Å². The molecule has 7 nitrogen and oxygen atoms in total. The van der Waals surface area contributed by atoms with Crippen LogP contribution < -0.4 is 10.6 Å². The van der Waals surface area contributed by atoms with Crippen LogP contribution in [0.2, 0.25) is 0 Å². The number of carbonyl (C=O) groups is 2. The summed E-state index contributed by atoms with van der Waals surface area (Å²) in [5.74, 6) is -1.43. The Morgan fingerprint density at radius 1 is 1.29 bits per heavy atom. The summed E-state index contributed by atoms with van der Waals surface area (Å²) in [5.41, 5.74) is -0.234. The van der Waals surface area contributed by atoms with Gasteiger partial charge in [-0.05, 0) is 38.0 Å². The van der Waals surface area contributed by atoms with Gasteiger partial charge in [-0.25, -0.2) is 9.59 Å². The first-order valence-corrected chi connectivity index (χ1v) is 6.63. The molecule has 7 heteroatoms. The van der Waals surface area contributed by atoms with Gasteiger partial charge in [-0.2, -0.15) is 0 Å². The molecule has 0 atom stereocenters. The largest absolute Gasteiger partial charge is 0.506 e. The molecule has 4 N–H and O–H groups in total. The van der Waals surface area contributed by atoms with Crippen molar-refractivity contribution in [2.75, 3.05) is 18.5 Å². The van der Waals surface area contributed by atoms with Crippen molar-refractivity contribution in [2.45, 2.75) is 25.3 Å². The van der Waals surface area contributed by atoms with Gasteiger partial charge in [0.05, 0.1) is 11.3 Å². The highest BCUT2D eigenvalue weighted by Crippen LogP contribution is 2.25. The Hall–Kier alpha value is -2.28. The topological polar surface area (TPSA) is 108 Å². The molecule has 0 radical (unpaired) electrons. The van der Waals surface area contributed by atoms with Crippen molar-refractivity contribution in [2.24, 2.45) is 0 Å². The highest BCUT2D eigenvalue weighted by atomic mass is 16.5. The fraction of sp³-hybridized carbons (Fsp3) is 0.429. The molecule has 0 unspecified atom stereocenters. The van der Waals surface area contributed by atoms with E-state index < -0.39 is 12.0 Å². The van der Waals surface area contributed by atoms with E-state index in [2.05, 4.69) is 10.6 Å². The monoisotopic (exact) mass is 294 g/mol. The summed E-state index contributed by atoms with van der Waals surface area (Å²) >= 11 is 0. The van der Waals surface area contributed by atoms with Gasteiger partial charge in [0.25, 0.3) is 0 Å². The molecule has 0 spiro atoms. The smallest absolute Gasteiger partial charge is 0.335 e. The lowest BCUT2D eigenvalue weighted by atomic mass is 9.93. The summed E-state index contributed by atoms with van der Waals surface area (Å²) in [4.78, 5) is 22.7. The van der Waals surface area contributed by atoms with Crippen LogP contribution in [0.4, 0.5) is 10.5 Å². The number of ether oxygens (including phenoxy) is 1. The number of amides is 2. The molecule has 2 amide bonds. The van der Waals surface area contributed by atoms with E-state index in [4.69, 9.17) is 9.84 Å². The number of rotatable bonds is 3. The first-order valence-electron chi connectivity index (χ1n) is 6.63. The van der Waals surface area contributed by atoms with Crippen LogP contribution in [0.5, 0.6) is 5.75 Å². The van der Waals surface area contributed by atoms with Crippen LogP contribution in [0.25, 0.3) is 0 Å².